The van der Waals surface area contributed by atoms with Crippen molar-refractivity contribution in [2.45, 2.75) is 122 Å². The van der Waals surface area contributed by atoms with E-state index in [9.17, 15) is 30.0 Å². The molecular formula is C46H67N5O9. The molecular weight excluding hydrogens is 767 g/mol. The number of rotatable bonds is 12. The van der Waals surface area contributed by atoms with Crippen LogP contribution in [0.1, 0.15) is 72.4 Å². The molecule has 2 aromatic carbocycles. The van der Waals surface area contributed by atoms with Crippen molar-refractivity contribution in [2.24, 2.45) is 23.7 Å². The Bertz CT molecular complexity index is 1910. The lowest BCUT2D eigenvalue weighted by Crippen LogP contribution is -2.63. The van der Waals surface area contributed by atoms with Gasteiger partial charge in [0, 0.05) is 36.3 Å². The Morgan fingerprint density at radius 1 is 0.967 bits per heavy atom. The minimum Gasteiger partial charge on any atom is -0.462 e. The second kappa shape index (κ2) is 21.8. The molecule has 2 unspecified atom stereocenters. The van der Waals surface area contributed by atoms with Crippen LogP contribution in [0.15, 0.2) is 72.5 Å². The minimum atomic E-state index is -1.25. The van der Waals surface area contributed by atoms with E-state index in [2.05, 4.69) is 33.4 Å². The molecule has 3 heterocycles. The predicted octanol–water partition coefficient (Wildman–Crippen LogP) is 4.46. The summed E-state index contributed by atoms with van der Waals surface area (Å²) >= 11 is 0. The van der Waals surface area contributed by atoms with Gasteiger partial charge in [0.2, 0.25) is 0 Å². The number of esters is 1. The first-order valence-corrected chi connectivity index (χ1v) is 21.4. The van der Waals surface area contributed by atoms with Crippen molar-refractivity contribution in [1.82, 2.24) is 24.8 Å². The highest BCUT2D eigenvalue weighted by Crippen LogP contribution is 2.35. The maximum atomic E-state index is 13.8. The first kappa shape index (κ1) is 47.2. The number of cyclic esters (lactones) is 1. The standard InChI is InChI=1S/C46H67N5O9/c1-9-40-33(20-22-52)23-28(2)17-18-38(53)29(3)24-34(19-21-50(8)26-35-27-51(48-47-35)37-16-12-14-32-13-10-11-15-36(32)37)45(30(4)39(54)25-41(55)59-40)60-46-44(57)42(49(6)7)43(56)31(5)58-46/h10-18,23,27,29-31,33-34,39-40,42-46,52,54,56-57H,9,19-22,24-26H2,1-8H3/b18-17+,28-23+/t29-,30+,31-,33+,34+,39-,40-,42?,43-,44?,45-,46+/m1/s1. The number of aliphatic hydroxyl groups is 4. The SMILES string of the molecule is CC[C@H]1OC(=O)C[C@@H](O)[C@H](C)[C@@H](O[C@@H]2O[C@H](C)[C@@H](O)C(N(C)C)C2O)[C@@H](CCN(C)Cc2cn(-c3cccc4ccccc34)nn2)C[C@@H](C)C(=O)/C=C/C(C)=C/[C@@H]1CCO. The average Bonchev–Trinajstić information content (AvgIpc) is 3.68. The van der Waals surface area contributed by atoms with Gasteiger partial charge in [0.1, 0.15) is 12.2 Å². The molecule has 2 aliphatic rings. The molecule has 1 saturated heterocycles. The van der Waals surface area contributed by atoms with Crippen LogP contribution in [0.25, 0.3) is 16.5 Å². The molecule has 1 fully saturated rings. The number of aliphatic hydroxyl groups excluding tert-OH is 4. The molecule has 4 N–H and O–H groups in total. The molecule has 330 valence electrons. The molecule has 14 nitrogen and oxygen atoms in total. The van der Waals surface area contributed by atoms with Crippen LogP contribution in [-0.4, -0.2) is 140 Å². The van der Waals surface area contributed by atoms with Crippen molar-refractivity contribution in [3.05, 3.63) is 78.2 Å². The van der Waals surface area contributed by atoms with Crippen molar-refractivity contribution < 1.29 is 44.2 Å². The monoisotopic (exact) mass is 833 g/mol. The van der Waals surface area contributed by atoms with Gasteiger partial charge in [-0.3, -0.25) is 9.59 Å². The maximum absolute atomic E-state index is 13.8. The van der Waals surface area contributed by atoms with Gasteiger partial charge in [-0.2, -0.15) is 0 Å². The van der Waals surface area contributed by atoms with Gasteiger partial charge in [-0.05, 0) is 90.7 Å². The number of carbonyl (C=O) groups is 2. The number of ketones is 1. The zero-order valence-corrected chi connectivity index (χ0v) is 36.5. The Balaban J connectivity index is 1.45. The fraction of sp³-hybridized carbons (Fsp3) is 0.609. The Labute approximate surface area is 354 Å². The van der Waals surface area contributed by atoms with Crippen molar-refractivity contribution in [3.63, 3.8) is 0 Å². The molecule has 0 radical (unpaired) electrons. The second-order valence-corrected chi connectivity index (χ2v) is 17.2. The lowest BCUT2D eigenvalue weighted by Gasteiger charge is -2.46. The number of ether oxygens (including phenoxy) is 3. The third-order valence-electron chi connectivity index (χ3n) is 12.3. The number of fused-ring (bicyclic) bond motifs is 1. The van der Waals surface area contributed by atoms with E-state index in [1.165, 1.54) is 0 Å². The molecule has 5 rings (SSSR count). The van der Waals surface area contributed by atoms with Crippen molar-refractivity contribution in [2.75, 3.05) is 34.3 Å². The Morgan fingerprint density at radius 3 is 2.42 bits per heavy atom. The van der Waals surface area contributed by atoms with Crippen LogP contribution < -0.4 is 0 Å². The zero-order chi connectivity index (χ0) is 43.7. The largest absolute Gasteiger partial charge is 0.462 e. The molecule has 60 heavy (non-hydrogen) atoms. The topological polar surface area (TPSA) is 180 Å². The van der Waals surface area contributed by atoms with E-state index in [1.807, 2.05) is 64.4 Å². The van der Waals surface area contributed by atoms with Crippen LogP contribution in [0.5, 0.6) is 0 Å². The molecule has 0 aliphatic carbocycles. The third-order valence-corrected chi connectivity index (χ3v) is 12.3. The number of aromatic nitrogens is 3. The fourth-order valence-corrected chi connectivity index (χ4v) is 8.74. The molecule has 12 atom stereocenters. The molecule has 0 amide bonds. The number of benzene rings is 2. The number of likely N-dealkylation sites (N-methyl/N-ethyl adjacent to an activating group) is 1. The Hall–Kier alpha value is -3.86. The van der Waals surface area contributed by atoms with Crippen molar-refractivity contribution in [3.8, 4) is 5.69 Å². The average molecular weight is 834 g/mol. The highest BCUT2D eigenvalue weighted by atomic mass is 16.7. The number of hydrogen-bond acceptors (Lipinski definition) is 13. The highest BCUT2D eigenvalue weighted by Gasteiger charge is 2.47. The highest BCUT2D eigenvalue weighted by molar-refractivity contribution is 5.92. The van der Waals surface area contributed by atoms with E-state index in [0.29, 0.717) is 38.8 Å². The summed E-state index contributed by atoms with van der Waals surface area (Å²) in [6.07, 6.45) is 1.91. The van der Waals surface area contributed by atoms with Crippen LogP contribution in [-0.2, 0) is 30.3 Å². The van der Waals surface area contributed by atoms with E-state index >= 15 is 0 Å². The van der Waals surface area contributed by atoms with E-state index in [0.717, 1.165) is 27.7 Å². The van der Waals surface area contributed by atoms with Crippen molar-refractivity contribution >= 4 is 22.5 Å². The Kier molecular flexibility index (Phi) is 17.1. The molecule has 1 aromatic heterocycles. The summed E-state index contributed by atoms with van der Waals surface area (Å²) in [5.74, 6) is -2.47. The van der Waals surface area contributed by atoms with Gasteiger partial charge in [0.15, 0.2) is 12.1 Å². The van der Waals surface area contributed by atoms with Gasteiger partial charge < -0.3 is 44.4 Å². The number of hydrogen-bond donors (Lipinski definition) is 4. The summed E-state index contributed by atoms with van der Waals surface area (Å²) in [6, 6.07) is 13.5. The summed E-state index contributed by atoms with van der Waals surface area (Å²) in [5, 5.41) is 55.3. The van der Waals surface area contributed by atoms with Gasteiger partial charge in [-0.1, -0.05) is 80.1 Å². The van der Waals surface area contributed by atoms with Gasteiger partial charge in [-0.25, -0.2) is 4.68 Å². The number of nitrogens with zero attached hydrogens (tertiary/aromatic N) is 5. The summed E-state index contributed by atoms with van der Waals surface area (Å²) in [4.78, 5) is 31.2. The van der Waals surface area contributed by atoms with E-state index < -0.39 is 66.8 Å². The first-order valence-electron chi connectivity index (χ1n) is 21.4. The van der Waals surface area contributed by atoms with Crippen LogP contribution in [0.3, 0.4) is 0 Å². The van der Waals surface area contributed by atoms with Gasteiger partial charge in [0.25, 0.3) is 0 Å². The van der Waals surface area contributed by atoms with Gasteiger partial charge in [-0.15, -0.1) is 5.10 Å². The summed E-state index contributed by atoms with van der Waals surface area (Å²) in [7, 11) is 5.51. The third kappa shape index (κ3) is 11.9. The minimum absolute atomic E-state index is 0.0826. The zero-order valence-electron chi connectivity index (χ0n) is 36.5. The second-order valence-electron chi connectivity index (χ2n) is 17.2. The van der Waals surface area contributed by atoms with E-state index in [1.54, 1.807) is 49.7 Å². The molecule has 0 saturated carbocycles. The molecule has 0 spiro atoms. The summed E-state index contributed by atoms with van der Waals surface area (Å²) in [6.45, 7) is 10.1. The molecule has 14 heteroatoms. The molecule has 3 aromatic rings. The van der Waals surface area contributed by atoms with Crippen molar-refractivity contribution in [1.29, 1.82) is 0 Å². The van der Waals surface area contributed by atoms with Crippen LogP contribution in [0, 0.1) is 23.7 Å². The molecule has 0 bridgehead atoms. The van der Waals surface area contributed by atoms with E-state index in [4.69, 9.17) is 14.2 Å². The quantitative estimate of drug-likeness (QED) is 0.188. The van der Waals surface area contributed by atoms with Gasteiger partial charge in [0.05, 0.1) is 54.5 Å². The maximum Gasteiger partial charge on any atom is 0.308 e. The lowest BCUT2D eigenvalue weighted by atomic mass is 9.79. The number of allylic oxidation sites excluding steroid dienone is 3. The van der Waals surface area contributed by atoms with Gasteiger partial charge >= 0.3 is 5.97 Å². The lowest BCUT2D eigenvalue weighted by molar-refractivity contribution is -0.304. The molecule has 2 aliphatic heterocycles. The Morgan fingerprint density at radius 2 is 1.70 bits per heavy atom. The summed E-state index contributed by atoms with van der Waals surface area (Å²) < 4.78 is 20.6. The van der Waals surface area contributed by atoms with Crippen LogP contribution >= 0.6 is 0 Å². The predicted molar refractivity (Wildman–Crippen MR) is 229 cm³/mol. The normalized spacial score (nSPS) is 32.9. The van der Waals surface area contributed by atoms with E-state index in [-0.39, 0.29) is 30.6 Å². The first-order chi connectivity index (χ1) is 28.6. The van der Waals surface area contributed by atoms with Crippen LogP contribution in [0.2, 0.25) is 0 Å². The number of carbonyl (C=O) groups excluding carboxylic acids is 2. The van der Waals surface area contributed by atoms with Crippen LogP contribution in [0.4, 0.5) is 0 Å². The fourth-order valence-electron chi connectivity index (χ4n) is 8.74. The summed E-state index contributed by atoms with van der Waals surface area (Å²) in [5.41, 5.74) is 2.50. The smallest absolute Gasteiger partial charge is 0.308 e.